The maximum absolute atomic E-state index is 12.1. The smallest absolute Gasteiger partial charge is 0.230 e. The van der Waals surface area contributed by atoms with Crippen LogP contribution < -0.4 is 10.1 Å². The molecule has 160 valence electrons. The lowest BCUT2D eigenvalue weighted by molar-refractivity contribution is -0.119. The van der Waals surface area contributed by atoms with Gasteiger partial charge in [0.25, 0.3) is 0 Å². The molecule has 0 spiro atoms. The molecule has 0 fully saturated rings. The molecule has 2 unspecified atom stereocenters. The number of nitrogens with one attached hydrogen (secondary N) is 1. The molecule has 1 aromatic carbocycles. The van der Waals surface area contributed by atoms with E-state index in [0.29, 0.717) is 11.7 Å². The van der Waals surface area contributed by atoms with E-state index >= 15 is 0 Å². The third-order valence-corrected chi connectivity index (χ3v) is 5.73. The number of hydrogen-bond donors (Lipinski definition) is 1. The Morgan fingerprint density at radius 1 is 1.10 bits per heavy atom. The predicted octanol–water partition coefficient (Wildman–Crippen LogP) is 5.13. The molecule has 0 aliphatic rings. The van der Waals surface area contributed by atoms with Gasteiger partial charge in [0.05, 0.1) is 5.75 Å². The molecule has 2 atom stereocenters. The first-order valence-corrected chi connectivity index (χ1v) is 11.3. The lowest BCUT2D eigenvalue weighted by Crippen LogP contribution is -2.33. The van der Waals surface area contributed by atoms with E-state index in [1.165, 1.54) is 17.3 Å². The molecule has 6 nitrogen and oxygen atoms in total. The fourth-order valence-corrected chi connectivity index (χ4v) is 3.77. The second-order valence-corrected chi connectivity index (χ2v) is 8.90. The SMILES string of the molecule is CCC(C)NC(=O)CSc1nnc(C(C)Oc2ccc(C(C)C)cc2)n1C(C)C. The van der Waals surface area contributed by atoms with E-state index in [1.807, 2.05) is 30.5 Å². The molecule has 2 rings (SSSR count). The summed E-state index contributed by atoms with van der Waals surface area (Å²) in [7, 11) is 0. The van der Waals surface area contributed by atoms with Gasteiger partial charge in [0.15, 0.2) is 17.1 Å². The third-order valence-electron chi connectivity index (χ3n) is 4.78. The number of nitrogens with zero attached hydrogens (tertiary/aromatic N) is 3. The predicted molar refractivity (Wildman–Crippen MR) is 119 cm³/mol. The number of hydrogen-bond acceptors (Lipinski definition) is 5. The first-order chi connectivity index (χ1) is 13.7. The van der Waals surface area contributed by atoms with Crippen LogP contribution in [0.3, 0.4) is 0 Å². The molecule has 1 N–H and O–H groups in total. The van der Waals surface area contributed by atoms with Crippen LogP contribution in [0.1, 0.15) is 84.3 Å². The van der Waals surface area contributed by atoms with E-state index in [1.54, 1.807) is 0 Å². The summed E-state index contributed by atoms with van der Waals surface area (Å²) in [5.74, 6) is 2.39. The zero-order valence-electron chi connectivity index (χ0n) is 18.6. The molecule has 0 saturated heterocycles. The van der Waals surface area contributed by atoms with Crippen molar-refractivity contribution >= 4 is 17.7 Å². The van der Waals surface area contributed by atoms with Crippen LogP contribution in [-0.2, 0) is 4.79 Å². The summed E-state index contributed by atoms with van der Waals surface area (Å²) in [4.78, 5) is 12.1. The van der Waals surface area contributed by atoms with Gasteiger partial charge in [-0.2, -0.15) is 0 Å². The Bertz CT molecular complexity index is 787. The van der Waals surface area contributed by atoms with Crippen LogP contribution in [0.25, 0.3) is 0 Å². The molecule has 7 heteroatoms. The Morgan fingerprint density at radius 2 is 1.76 bits per heavy atom. The van der Waals surface area contributed by atoms with E-state index in [4.69, 9.17) is 4.74 Å². The highest BCUT2D eigenvalue weighted by atomic mass is 32.2. The third kappa shape index (κ3) is 6.49. The van der Waals surface area contributed by atoms with Crippen molar-refractivity contribution < 1.29 is 9.53 Å². The summed E-state index contributed by atoms with van der Waals surface area (Å²) in [5, 5.41) is 12.4. The number of rotatable bonds is 10. The van der Waals surface area contributed by atoms with E-state index < -0.39 is 0 Å². The van der Waals surface area contributed by atoms with Gasteiger partial charge in [0, 0.05) is 12.1 Å². The van der Waals surface area contributed by atoms with E-state index in [0.717, 1.165) is 23.2 Å². The van der Waals surface area contributed by atoms with Crippen LogP contribution in [0.2, 0.25) is 0 Å². The number of amides is 1. The number of carbonyl (C=O) groups is 1. The Balaban J connectivity index is 2.09. The summed E-state index contributed by atoms with van der Waals surface area (Å²) in [6.45, 7) is 14.5. The molecule has 0 aliphatic carbocycles. The molecule has 0 aliphatic heterocycles. The molecule has 0 radical (unpaired) electrons. The van der Waals surface area contributed by atoms with Crippen LogP contribution in [0.4, 0.5) is 0 Å². The van der Waals surface area contributed by atoms with Crippen molar-refractivity contribution in [2.75, 3.05) is 5.75 Å². The highest BCUT2D eigenvalue weighted by Crippen LogP contribution is 2.28. The molecule has 1 amide bonds. The number of aromatic nitrogens is 3. The molecule has 1 heterocycles. The van der Waals surface area contributed by atoms with E-state index in [9.17, 15) is 4.79 Å². The second kappa shape index (κ2) is 10.7. The van der Waals surface area contributed by atoms with Gasteiger partial charge in [0.1, 0.15) is 5.75 Å². The van der Waals surface area contributed by atoms with Gasteiger partial charge in [-0.15, -0.1) is 10.2 Å². The van der Waals surface area contributed by atoms with Gasteiger partial charge in [-0.25, -0.2) is 0 Å². The minimum Gasteiger partial charge on any atom is -0.483 e. The van der Waals surface area contributed by atoms with Gasteiger partial charge in [-0.1, -0.05) is 44.7 Å². The van der Waals surface area contributed by atoms with Crippen molar-refractivity contribution in [3.63, 3.8) is 0 Å². The Kier molecular flexibility index (Phi) is 8.56. The highest BCUT2D eigenvalue weighted by Gasteiger charge is 2.22. The van der Waals surface area contributed by atoms with Gasteiger partial charge < -0.3 is 14.6 Å². The maximum Gasteiger partial charge on any atom is 0.230 e. The summed E-state index contributed by atoms with van der Waals surface area (Å²) in [5.41, 5.74) is 1.28. The normalized spacial score (nSPS) is 13.6. The van der Waals surface area contributed by atoms with Crippen molar-refractivity contribution in [3.8, 4) is 5.75 Å². The summed E-state index contributed by atoms with van der Waals surface area (Å²) in [6.07, 6.45) is 0.661. The number of benzene rings is 1. The summed E-state index contributed by atoms with van der Waals surface area (Å²) < 4.78 is 8.17. The Hall–Kier alpha value is -2.02. The van der Waals surface area contributed by atoms with Crippen LogP contribution >= 0.6 is 11.8 Å². The van der Waals surface area contributed by atoms with E-state index in [2.05, 4.69) is 62.3 Å². The van der Waals surface area contributed by atoms with Crippen LogP contribution in [0.15, 0.2) is 29.4 Å². The fourth-order valence-electron chi connectivity index (χ4n) is 2.89. The molecule has 1 aromatic heterocycles. The zero-order chi connectivity index (χ0) is 21.6. The zero-order valence-corrected chi connectivity index (χ0v) is 19.4. The fraction of sp³-hybridized carbons (Fsp3) is 0.591. The average molecular weight is 419 g/mol. The minimum atomic E-state index is -0.252. The number of thioether (sulfide) groups is 1. The maximum atomic E-state index is 12.1. The standard InChI is InChI=1S/C22H34N4O2S/c1-8-16(6)23-20(27)13-29-22-25-24-21(26(22)15(4)5)17(7)28-19-11-9-18(10-12-19)14(2)3/h9-12,14-17H,8,13H2,1-7H3,(H,23,27). The monoisotopic (exact) mass is 418 g/mol. The lowest BCUT2D eigenvalue weighted by Gasteiger charge is -2.19. The van der Waals surface area contributed by atoms with Crippen molar-refractivity contribution in [2.45, 2.75) is 84.1 Å². The summed E-state index contributed by atoms with van der Waals surface area (Å²) in [6, 6.07) is 8.52. The van der Waals surface area contributed by atoms with Crippen molar-refractivity contribution in [3.05, 3.63) is 35.7 Å². The quantitative estimate of drug-likeness (QED) is 0.542. The van der Waals surface area contributed by atoms with Gasteiger partial charge in [0.2, 0.25) is 5.91 Å². The summed E-state index contributed by atoms with van der Waals surface area (Å²) >= 11 is 1.41. The van der Waals surface area contributed by atoms with Crippen molar-refractivity contribution in [1.29, 1.82) is 0 Å². The van der Waals surface area contributed by atoms with Gasteiger partial charge in [-0.3, -0.25) is 4.79 Å². The number of carbonyl (C=O) groups excluding carboxylic acids is 1. The second-order valence-electron chi connectivity index (χ2n) is 7.95. The molecule has 0 bridgehead atoms. The largest absolute Gasteiger partial charge is 0.483 e. The van der Waals surface area contributed by atoms with Crippen LogP contribution in [0.5, 0.6) is 5.75 Å². The molecular weight excluding hydrogens is 384 g/mol. The van der Waals surface area contributed by atoms with Gasteiger partial charge in [-0.05, 0) is 57.7 Å². The average Bonchev–Trinajstić information content (AvgIpc) is 3.11. The Labute approximate surface area is 178 Å². The van der Waals surface area contributed by atoms with Crippen LogP contribution in [-0.4, -0.2) is 32.5 Å². The van der Waals surface area contributed by atoms with Gasteiger partial charge >= 0.3 is 0 Å². The minimum absolute atomic E-state index is 0.0127. The van der Waals surface area contributed by atoms with Crippen LogP contribution in [0, 0.1) is 0 Å². The first-order valence-electron chi connectivity index (χ1n) is 10.4. The highest BCUT2D eigenvalue weighted by molar-refractivity contribution is 7.99. The molecular formula is C22H34N4O2S. The lowest BCUT2D eigenvalue weighted by atomic mass is 10.0. The topological polar surface area (TPSA) is 69.0 Å². The molecule has 0 saturated carbocycles. The van der Waals surface area contributed by atoms with Crippen molar-refractivity contribution in [1.82, 2.24) is 20.1 Å². The number of ether oxygens (including phenoxy) is 1. The molecule has 29 heavy (non-hydrogen) atoms. The Morgan fingerprint density at radius 3 is 2.31 bits per heavy atom. The molecule has 2 aromatic rings. The van der Waals surface area contributed by atoms with Crippen molar-refractivity contribution in [2.24, 2.45) is 0 Å². The first kappa shape index (κ1) is 23.3. The van der Waals surface area contributed by atoms with E-state index in [-0.39, 0.29) is 24.1 Å².